The number of amides is 4. The number of carboxylic acids is 3. The normalized spacial score (nSPS) is 12.0. The number of carbonyl (C=O) groups excluding carboxylic acids is 4. The van der Waals surface area contributed by atoms with E-state index in [1.165, 1.54) is 0 Å². The monoisotopic (exact) mass is 970 g/mol. The van der Waals surface area contributed by atoms with Gasteiger partial charge in [-0.05, 0) is 56.8 Å². The number of nitrogens with two attached hydrogens (primary N) is 4. The molecule has 0 aliphatic carbocycles. The Balaban J connectivity index is 0. The molecule has 2 aromatic rings. The molecule has 20 nitrogen and oxygen atoms in total. The third-order valence-electron chi connectivity index (χ3n) is 8.04. The number of alkyl halides is 9. The molecule has 0 spiro atoms. The Bertz CT molecular complexity index is 1780. The lowest BCUT2D eigenvalue weighted by atomic mass is 10.1. The first-order valence-electron chi connectivity index (χ1n) is 19.6. The summed E-state index contributed by atoms with van der Waals surface area (Å²) in [5.74, 6) is -9.88. The average molecular weight is 971 g/mol. The van der Waals surface area contributed by atoms with E-state index in [0.29, 0.717) is 26.1 Å². The van der Waals surface area contributed by atoms with Crippen LogP contribution in [0.15, 0.2) is 35.5 Å². The van der Waals surface area contributed by atoms with E-state index in [4.69, 9.17) is 52.6 Å². The first-order chi connectivity index (χ1) is 30.5. The fourth-order valence-corrected chi connectivity index (χ4v) is 4.83. The van der Waals surface area contributed by atoms with Crippen LogP contribution in [0.25, 0.3) is 10.9 Å². The van der Waals surface area contributed by atoms with Crippen LogP contribution in [0.1, 0.15) is 69.8 Å². The Labute approximate surface area is 370 Å². The van der Waals surface area contributed by atoms with E-state index in [2.05, 4.69) is 31.2 Å². The van der Waals surface area contributed by atoms with E-state index in [1.54, 1.807) is 6.20 Å². The van der Waals surface area contributed by atoms with Gasteiger partial charge in [-0.3, -0.25) is 24.2 Å². The Kier molecular flexibility index (Phi) is 30.2. The molecule has 0 aliphatic rings. The maximum Gasteiger partial charge on any atom is 0.490 e. The average Bonchev–Trinajstić information content (AvgIpc) is 3.60. The molecule has 0 saturated heterocycles. The van der Waals surface area contributed by atoms with Crippen LogP contribution in [-0.2, 0) is 40.0 Å². The van der Waals surface area contributed by atoms with Crippen molar-refractivity contribution in [2.75, 3.05) is 32.7 Å². The number of carboxylic acid groups (broad SMARTS) is 3. The molecule has 1 aromatic carbocycles. The highest BCUT2D eigenvalue weighted by Crippen LogP contribution is 2.18. The summed E-state index contributed by atoms with van der Waals surface area (Å²) in [6, 6.07) is 6.03. The Hall–Kier alpha value is -6.39. The van der Waals surface area contributed by atoms with Gasteiger partial charge in [0.1, 0.15) is 6.04 Å². The minimum atomic E-state index is -5.08. The van der Waals surface area contributed by atoms with Gasteiger partial charge in [-0.25, -0.2) is 14.4 Å². The minimum absolute atomic E-state index is 0.00596. The van der Waals surface area contributed by atoms with Gasteiger partial charge in [-0.15, -0.1) is 0 Å². The third-order valence-corrected chi connectivity index (χ3v) is 8.04. The van der Waals surface area contributed by atoms with Crippen molar-refractivity contribution in [1.29, 1.82) is 0 Å². The van der Waals surface area contributed by atoms with E-state index in [9.17, 15) is 58.7 Å². The number of nitrogens with one attached hydrogen (secondary N) is 5. The van der Waals surface area contributed by atoms with E-state index in [-0.39, 0.29) is 30.6 Å². The van der Waals surface area contributed by atoms with E-state index in [0.717, 1.165) is 80.9 Å². The first kappa shape index (κ1) is 61.7. The van der Waals surface area contributed by atoms with Crippen molar-refractivity contribution in [3.8, 4) is 0 Å². The molecule has 0 saturated carbocycles. The van der Waals surface area contributed by atoms with Gasteiger partial charge >= 0.3 is 36.4 Å². The van der Waals surface area contributed by atoms with Gasteiger partial charge in [-0.1, -0.05) is 43.9 Å². The summed E-state index contributed by atoms with van der Waals surface area (Å²) in [5, 5.41) is 34.1. The summed E-state index contributed by atoms with van der Waals surface area (Å²) in [6.45, 7) is 3.17. The second kappa shape index (κ2) is 32.3. The predicted molar refractivity (Wildman–Crippen MR) is 218 cm³/mol. The van der Waals surface area contributed by atoms with Crippen molar-refractivity contribution < 1.29 is 88.4 Å². The SMILES string of the molecule is NC(=O)C[C@H](NC(=O)Cc1c[nH]c2ccccc12)C(=O)NCCCCNCCCCCCCCNC(=O)[C@@H](N)CCN=C(N)N.O=C(O)C(F)(F)F.O=C(O)C(F)(F)F.O=C(O)C(F)(F)F. The van der Waals surface area contributed by atoms with Crippen LogP contribution in [0.3, 0.4) is 0 Å². The maximum absolute atomic E-state index is 12.7. The summed E-state index contributed by atoms with van der Waals surface area (Å²) in [5.41, 5.74) is 23.4. The van der Waals surface area contributed by atoms with Crippen LogP contribution in [0.5, 0.6) is 0 Å². The standard InChI is InChI=1S/C31H52N10O4.3C2HF3O2/c32-24(13-18-39-31(34)35)29(44)37-16-8-4-2-1-3-7-14-36-15-9-10-17-38-30(45)26(20-27(33)42)41-28(43)19-22-21-40-25-12-6-5-11-23(22)25;3*3-2(4,5)1(6)7/h5-6,11-12,21,24,26,36,40H,1-4,7-10,13-20,32H2,(H2,33,42)(H,37,44)(H,38,45)(H,41,43)(H4,34,35,39);3*(H,6,7)/t24-,26-;;;/m0.../s1. The number of hydrogen-bond donors (Lipinski definition) is 12. The second-order valence-electron chi connectivity index (χ2n) is 13.6. The van der Waals surface area contributed by atoms with Gasteiger partial charge in [0, 0.05) is 36.7 Å². The molecule has 0 bridgehead atoms. The first-order valence-corrected chi connectivity index (χ1v) is 19.6. The van der Waals surface area contributed by atoms with Crippen molar-refractivity contribution in [3.63, 3.8) is 0 Å². The molecule has 376 valence electrons. The van der Waals surface area contributed by atoms with E-state index < -0.39 is 60.3 Å². The van der Waals surface area contributed by atoms with Gasteiger partial charge in [0.15, 0.2) is 5.96 Å². The number of halogens is 9. The van der Waals surface area contributed by atoms with Crippen LogP contribution < -0.4 is 44.2 Å². The Morgan fingerprint density at radius 3 is 1.55 bits per heavy atom. The molecule has 0 fully saturated rings. The van der Waals surface area contributed by atoms with Crippen LogP contribution in [0.2, 0.25) is 0 Å². The van der Waals surface area contributed by atoms with Crippen LogP contribution in [-0.4, -0.2) is 131 Å². The number of aromatic nitrogens is 1. The van der Waals surface area contributed by atoms with Gasteiger partial charge in [0.05, 0.1) is 18.9 Å². The molecular formula is C37H55F9N10O10. The summed E-state index contributed by atoms with van der Waals surface area (Å²) >= 11 is 0. The number of benzene rings is 1. The number of para-hydroxylation sites is 1. The van der Waals surface area contributed by atoms with Crippen LogP contribution in [0.4, 0.5) is 39.5 Å². The van der Waals surface area contributed by atoms with Gasteiger partial charge in [-0.2, -0.15) is 39.5 Å². The molecule has 0 unspecified atom stereocenters. The van der Waals surface area contributed by atoms with Crippen molar-refractivity contribution in [1.82, 2.24) is 26.3 Å². The molecule has 2 rings (SSSR count). The molecule has 1 heterocycles. The predicted octanol–water partition coefficient (Wildman–Crippen LogP) is 1.90. The fraction of sp³-hybridized carbons (Fsp3) is 0.568. The topological polar surface area (TPSA) is 361 Å². The minimum Gasteiger partial charge on any atom is -0.475 e. The molecular weight excluding hydrogens is 915 g/mol. The van der Waals surface area contributed by atoms with E-state index in [1.807, 2.05) is 24.3 Å². The lowest BCUT2D eigenvalue weighted by Crippen LogP contribution is -2.49. The second-order valence-corrected chi connectivity index (χ2v) is 13.6. The van der Waals surface area contributed by atoms with Crippen molar-refractivity contribution in [3.05, 3.63) is 36.0 Å². The van der Waals surface area contributed by atoms with Crippen molar-refractivity contribution in [2.45, 2.75) is 101 Å². The quantitative estimate of drug-likeness (QED) is 0.0310. The summed E-state index contributed by atoms with van der Waals surface area (Å²) in [6.07, 6.45) is -5.14. The number of aliphatic carboxylic acids is 3. The number of rotatable bonds is 24. The lowest BCUT2D eigenvalue weighted by Gasteiger charge is -2.17. The smallest absolute Gasteiger partial charge is 0.475 e. The Morgan fingerprint density at radius 2 is 1.08 bits per heavy atom. The summed E-state index contributed by atoms with van der Waals surface area (Å²) in [7, 11) is 0. The number of nitrogens with zero attached hydrogens (tertiary/aromatic N) is 1. The number of guanidine groups is 1. The molecule has 29 heteroatoms. The van der Waals surface area contributed by atoms with Crippen molar-refractivity contribution >= 4 is 58.4 Å². The number of primary amides is 1. The van der Waals surface area contributed by atoms with Crippen LogP contribution >= 0.6 is 0 Å². The van der Waals surface area contributed by atoms with Crippen molar-refractivity contribution in [2.24, 2.45) is 27.9 Å². The number of carbonyl (C=O) groups is 7. The van der Waals surface area contributed by atoms with E-state index >= 15 is 0 Å². The number of aromatic amines is 1. The zero-order chi connectivity index (χ0) is 51.1. The summed E-state index contributed by atoms with van der Waals surface area (Å²) < 4.78 is 95.2. The number of unbranched alkanes of at least 4 members (excludes halogenated alkanes) is 6. The molecule has 16 N–H and O–H groups in total. The zero-order valence-corrected chi connectivity index (χ0v) is 35.2. The van der Waals surface area contributed by atoms with Gasteiger partial charge in [0.25, 0.3) is 0 Å². The molecule has 1 aromatic heterocycles. The molecule has 0 radical (unpaired) electrons. The lowest BCUT2D eigenvalue weighted by molar-refractivity contribution is -0.193. The highest BCUT2D eigenvalue weighted by atomic mass is 19.4. The number of aliphatic imine (C=N–C) groups is 1. The highest BCUT2D eigenvalue weighted by molar-refractivity contribution is 5.94. The fourth-order valence-electron chi connectivity index (χ4n) is 4.83. The zero-order valence-electron chi connectivity index (χ0n) is 35.2. The number of H-pyrrole nitrogens is 1. The largest absolute Gasteiger partial charge is 0.490 e. The number of fused-ring (bicyclic) bond motifs is 1. The molecule has 66 heavy (non-hydrogen) atoms. The molecule has 2 atom stereocenters. The van der Waals surface area contributed by atoms with Gasteiger partial charge in [0.2, 0.25) is 23.6 Å². The number of hydrogen-bond acceptors (Lipinski definition) is 10. The molecule has 0 aliphatic heterocycles. The summed E-state index contributed by atoms with van der Waals surface area (Å²) in [4.78, 5) is 82.4. The Morgan fingerprint density at radius 1 is 0.652 bits per heavy atom. The van der Waals surface area contributed by atoms with Crippen LogP contribution in [0, 0.1) is 0 Å². The maximum atomic E-state index is 12.7. The highest BCUT2D eigenvalue weighted by Gasteiger charge is 2.39. The molecule has 4 amide bonds. The van der Waals surface area contributed by atoms with Gasteiger partial charge < -0.3 is 64.5 Å². The third kappa shape index (κ3) is 32.3.